The molecule has 3 rings (SSSR count). The lowest BCUT2D eigenvalue weighted by atomic mass is 9.81. The Hall–Kier alpha value is -1.12. The second-order valence-electron chi connectivity index (χ2n) is 5.97. The second-order valence-corrected chi connectivity index (χ2v) is 5.97. The number of rotatable bonds is 4. The summed E-state index contributed by atoms with van der Waals surface area (Å²) in [4.78, 5) is 0. The van der Waals surface area contributed by atoms with Gasteiger partial charge in [0.15, 0.2) is 6.29 Å². The first-order chi connectivity index (χ1) is 9.86. The minimum absolute atomic E-state index is 0.0349. The van der Waals surface area contributed by atoms with Crippen LogP contribution in [0.3, 0.4) is 0 Å². The van der Waals surface area contributed by atoms with Gasteiger partial charge < -0.3 is 9.47 Å². The molecule has 1 aromatic rings. The first kappa shape index (κ1) is 13.8. The van der Waals surface area contributed by atoms with Gasteiger partial charge in [-0.15, -0.1) is 6.58 Å². The van der Waals surface area contributed by atoms with Gasteiger partial charge in [-0.05, 0) is 18.4 Å². The highest BCUT2D eigenvalue weighted by atomic mass is 16.7. The molecule has 1 aromatic carbocycles. The minimum Gasteiger partial charge on any atom is -0.352 e. The summed E-state index contributed by atoms with van der Waals surface area (Å²) in [6, 6.07) is 10.8. The predicted molar refractivity (Wildman–Crippen MR) is 80.6 cm³/mol. The van der Waals surface area contributed by atoms with E-state index in [0.29, 0.717) is 17.9 Å². The average Bonchev–Trinajstić information content (AvgIpc) is 2.96. The van der Waals surface area contributed by atoms with Crippen molar-refractivity contribution < 1.29 is 9.47 Å². The van der Waals surface area contributed by atoms with Crippen LogP contribution in [0.15, 0.2) is 43.0 Å². The van der Waals surface area contributed by atoms with Crippen molar-refractivity contribution in [3.05, 3.63) is 48.6 Å². The van der Waals surface area contributed by atoms with Gasteiger partial charge >= 0.3 is 0 Å². The number of ether oxygens (including phenoxy) is 2. The van der Waals surface area contributed by atoms with Crippen LogP contribution in [0.2, 0.25) is 0 Å². The average molecular weight is 272 g/mol. The smallest absolute Gasteiger partial charge is 0.158 e. The van der Waals surface area contributed by atoms with Crippen molar-refractivity contribution >= 4 is 0 Å². The van der Waals surface area contributed by atoms with Crippen molar-refractivity contribution in [2.75, 3.05) is 6.61 Å². The van der Waals surface area contributed by atoms with Crippen LogP contribution in [0.25, 0.3) is 0 Å². The van der Waals surface area contributed by atoms with E-state index in [2.05, 4.69) is 36.9 Å². The van der Waals surface area contributed by atoms with Gasteiger partial charge in [-0.25, -0.2) is 0 Å². The largest absolute Gasteiger partial charge is 0.352 e. The zero-order valence-electron chi connectivity index (χ0n) is 12.0. The Balaban J connectivity index is 1.65. The SMILES string of the molecule is C=C[C@H]1CO[C@@H](O[C@@H]2CCCC[C@H]2c2ccccc2)C1. The van der Waals surface area contributed by atoms with Crippen molar-refractivity contribution in [2.45, 2.75) is 50.4 Å². The van der Waals surface area contributed by atoms with Crippen LogP contribution in [0.4, 0.5) is 0 Å². The molecule has 0 amide bonds. The van der Waals surface area contributed by atoms with E-state index in [9.17, 15) is 0 Å². The first-order valence-electron chi connectivity index (χ1n) is 7.81. The Kier molecular flexibility index (Phi) is 4.54. The summed E-state index contributed by atoms with van der Waals surface area (Å²) in [5, 5.41) is 0. The maximum Gasteiger partial charge on any atom is 0.158 e. The fourth-order valence-electron chi connectivity index (χ4n) is 3.41. The molecular weight excluding hydrogens is 248 g/mol. The summed E-state index contributed by atoms with van der Waals surface area (Å²) in [6.45, 7) is 4.61. The Morgan fingerprint density at radius 3 is 2.70 bits per heavy atom. The monoisotopic (exact) mass is 272 g/mol. The molecule has 0 aromatic heterocycles. The maximum absolute atomic E-state index is 6.28. The third-order valence-electron chi connectivity index (χ3n) is 4.58. The Bertz CT molecular complexity index is 428. The number of hydrogen-bond acceptors (Lipinski definition) is 2. The van der Waals surface area contributed by atoms with E-state index in [0.717, 1.165) is 19.4 Å². The highest BCUT2D eigenvalue weighted by Crippen LogP contribution is 2.37. The van der Waals surface area contributed by atoms with Gasteiger partial charge in [0.25, 0.3) is 0 Å². The molecule has 20 heavy (non-hydrogen) atoms. The van der Waals surface area contributed by atoms with Gasteiger partial charge in [0.1, 0.15) is 0 Å². The predicted octanol–water partition coefficient (Wildman–Crippen LogP) is 4.28. The topological polar surface area (TPSA) is 18.5 Å². The van der Waals surface area contributed by atoms with Crippen LogP contribution in [0, 0.1) is 5.92 Å². The van der Waals surface area contributed by atoms with Gasteiger partial charge in [-0.1, -0.05) is 49.2 Å². The van der Waals surface area contributed by atoms with E-state index >= 15 is 0 Å². The fraction of sp³-hybridized carbons (Fsp3) is 0.556. The van der Waals surface area contributed by atoms with Crippen molar-refractivity contribution in [1.29, 1.82) is 0 Å². The van der Waals surface area contributed by atoms with Gasteiger partial charge in [-0.3, -0.25) is 0 Å². The van der Waals surface area contributed by atoms with Gasteiger partial charge in [0.2, 0.25) is 0 Å². The standard InChI is InChI=1S/C18H24O2/c1-2-14-12-18(19-13-14)20-17-11-7-6-10-16(17)15-8-4-3-5-9-15/h2-5,8-9,14,16-18H,1,6-7,10-13H2/t14-,16+,17-,18+/m1/s1. The Morgan fingerprint density at radius 1 is 1.15 bits per heavy atom. The first-order valence-corrected chi connectivity index (χ1v) is 7.81. The molecule has 4 atom stereocenters. The summed E-state index contributed by atoms with van der Waals surface area (Å²) in [7, 11) is 0. The molecule has 0 unspecified atom stereocenters. The molecule has 1 saturated heterocycles. The molecule has 0 spiro atoms. The van der Waals surface area contributed by atoms with Crippen molar-refractivity contribution in [3.63, 3.8) is 0 Å². The minimum atomic E-state index is -0.0349. The summed E-state index contributed by atoms with van der Waals surface area (Å²) < 4.78 is 12.0. The van der Waals surface area contributed by atoms with Crippen LogP contribution in [0.5, 0.6) is 0 Å². The molecule has 1 heterocycles. The van der Waals surface area contributed by atoms with Crippen molar-refractivity contribution in [2.24, 2.45) is 5.92 Å². The molecular formula is C18H24O2. The highest BCUT2D eigenvalue weighted by molar-refractivity contribution is 5.21. The van der Waals surface area contributed by atoms with Crippen molar-refractivity contribution in [3.8, 4) is 0 Å². The summed E-state index contributed by atoms with van der Waals surface area (Å²) in [5.74, 6) is 0.982. The molecule has 1 aliphatic carbocycles. The van der Waals surface area contributed by atoms with Crippen molar-refractivity contribution in [1.82, 2.24) is 0 Å². The van der Waals surface area contributed by atoms with E-state index in [-0.39, 0.29) is 6.29 Å². The molecule has 2 nitrogen and oxygen atoms in total. The number of benzene rings is 1. The second kappa shape index (κ2) is 6.55. The highest BCUT2D eigenvalue weighted by Gasteiger charge is 2.32. The van der Waals surface area contributed by atoms with Gasteiger partial charge in [0.05, 0.1) is 12.7 Å². The van der Waals surface area contributed by atoms with Crippen LogP contribution >= 0.6 is 0 Å². The van der Waals surface area contributed by atoms with Crippen LogP contribution < -0.4 is 0 Å². The van der Waals surface area contributed by atoms with Crippen LogP contribution in [-0.2, 0) is 9.47 Å². The maximum atomic E-state index is 6.28. The molecule has 2 aliphatic rings. The lowest BCUT2D eigenvalue weighted by Gasteiger charge is -2.33. The zero-order chi connectivity index (χ0) is 13.8. The molecule has 1 aliphatic heterocycles. The molecule has 0 bridgehead atoms. The van der Waals surface area contributed by atoms with E-state index < -0.39 is 0 Å². The van der Waals surface area contributed by atoms with Crippen LogP contribution in [0.1, 0.15) is 43.6 Å². The fourth-order valence-corrected chi connectivity index (χ4v) is 3.41. The van der Waals surface area contributed by atoms with E-state index in [1.165, 1.54) is 24.8 Å². The summed E-state index contributed by atoms with van der Waals surface area (Å²) >= 11 is 0. The Morgan fingerprint density at radius 2 is 1.95 bits per heavy atom. The van der Waals surface area contributed by atoms with Gasteiger partial charge in [-0.2, -0.15) is 0 Å². The Labute approximate surface area is 121 Å². The molecule has 0 radical (unpaired) electrons. The summed E-state index contributed by atoms with van der Waals surface area (Å²) in [5.41, 5.74) is 1.41. The van der Waals surface area contributed by atoms with E-state index in [1.807, 2.05) is 6.08 Å². The molecule has 1 saturated carbocycles. The van der Waals surface area contributed by atoms with Gasteiger partial charge in [0, 0.05) is 18.3 Å². The quantitative estimate of drug-likeness (QED) is 0.762. The van der Waals surface area contributed by atoms with Crippen LogP contribution in [-0.4, -0.2) is 19.0 Å². The molecule has 2 heteroatoms. The molecule has 108 valence electrons. The third-order valence-corrected chi connectivity index (χ3v) is 4.58. The molecule has 0 N–H and O–H groups in total. The van der Waals surface area contributed by atoms with E-state index in [4.69, 9.17) is 9.47 Å². The summed E-state index contributed by atoms with van der Waals surface area (Å²) in [6.07, 6.45) is 8.17. The zero-order valence-corrected chi connectivity index (χ0v) is 12.0. The molecule has 2 fully saturated rings. The van der Waals surface area contributed by atoms with E-state index in [1.54, 1.807) is 0 Å². The lowest BCUT2D eigenvalue weighted by Crippen LogP contribution is -2.30. The number of hydrogen-bond donors (Lipinski definition) is 0. The normalized spacial score (nSPS) is 34.0. The third kappa shape index (κ3) is 3.13. The lowest BCUT2D eigenvalue weighted by molar-refractivity contribution is -0.156.